The van der Waals surface area contributed by atoms with E-state index in [1.807, 2.05) is 0 Å². The van der Waals surface area contributed by atoms with E-state index in [4.69, 9.17) is 17.3 Å². The molecule has 0 aliphatic rings. The van der Waals surface area contributed by atoms with Crippen molar-refractivity contribution in [2.45, 2.75) is 0 Å². The molecule has 0 aliphatic carbocycles. The number of carbonyl (C=O) groups is 1. The van der Waals surface area contributed by atoms with Crippen molar-refractivity contribution >= 4 is 34.3 Å². The largest absolute Gasteiger partial charge is 0.477 e. The molecule has 2 heterocycles. The van der Waals surface area contributed by atoms with Crippen molar-refractivity contribution in [3.8, 4) is 5.69 Å². The molecule has 3 aromatic rings. The fourth-order valence-electron chi connectivity index (χ4n) is 2.23. The summed E-state index contributed by atoms with van der Waals surface area (Å²) in [5, 5.41) is 8.41. The van der Waals surface area contributed by atoms with E-state index in [1.165, 1.54) is 16.7 Å². The second-order valence-electron chi connectivity index (χ2n) is 4.89. The van der Waals surface area contributed by atoms with Gasteiger partial charge in [-0.25, -0.2) is 18.6 Å². The lowest BCUT2D eigenvalue weighted by atomic mass is 10.1. The average molecular weight is 352 g/mol. The predicted molar refractivity (Wildman–Crippen MR) is 83.6 cm³/mol. The van der Waals surface area contributed by atoms with E-state index in [0.717, 1.165) is 18.3 Å². The lowest BCUT2D eigenvalue weighted by Gasteiger charge is -2.13. The smallest absolute Gasteiger partial charge is 0.341 e. The molecule has 6 nitrogen and oxygen atoms in total. The van der Waals surface area contributed by atoms with Crippen LogP contribution in [0.3, 0.4) is 0 Å². The number of halogens is 3. The quantitative estimate of drug-likeness (QED) is 0.546. The number of aromatic carboxylic acids is 1. The van der Waals surface area contributed by atoms with Crippen LogP contribution in [0.15, 0.2) is 35.3 Å². The van der Waals surface area contributed by atoms with E-state index in [0.29, 0.717) is 0 Å². The molecule has 122 valence electrons. The highest BCUT2D eigenvalue weighted by atomic mass is 35.5. The van der Waals surface area contributed by atoms with Crippen molar-refractivity contribution < 1.29 is 18.7 Å². The maximum atomic E-state index is 13.7. The summed E-state index contributed by atoms with van der Waals surface area (Å²) in [5.41, 5.74) is 3.96. The van der Waals surface area contributed by atoms with Gasteiger partial charge in [-0.1, -0.05) is 11.6 Å². The number of anilines is 1. The lowest BCUT2D eigenvalue weighted by molar-refractivity contribution is 0.0695. The molecule has 0 fully saturated rings. The number of rotatable bonds is 2. The highest BCUT2D eigenvalue weighted by Crippen LogP contribution is 2.23. The minimum Gasteiger partial charge on any atom is -0.477 e. The average Bonchev–Trinajstić information content (AvgIpc) is 2.52. The first-order valence-corrected chi connectivity index (χ1v) is 6.87. The van der Waals surface area contributed by atoms with Crippen molar-refractivity contribution in [2.24, 2.45) is 0 Å². The number of hydrogen-bond donors (Lipinski definition) is 2. The zero-order valence-electron chi connectivity index (χ0n) is 11.8. The Morgan fingerprint density at radius 2 is 1.96 bits per heavy atom. The second-order valence-corrected chi connectivity index (χ2v) is 5.24. The minimum absolute atomic E-state index is 0.0811. The van der Waals surface area contributed by atoms with Gasteiger partial charge in [0.05, 0.1) is 11.1 Å². The first kappa shape index (κ1) is 15.9. The van der Waals surface area contributed by atoms with Crippen molar-refractivity contribution in [1.29, 1.82) is 0 Å². The van der Waals surface area contributed by atoms with Crippen molar-refractivity contribution in [2.75, 3.05) is 5.73 Å². The van der Waals surface area contributed by atoms with Crippen molar-refractivity contribution in [1.82, 2.24) is 9.55 Å². The van der Waals surface area contributed by atoms with E-state index >= 15 is 0 Å². The summed E-state index contributed by atoms with van der Waals surface area (Å²) in [4.78, 5) is 27.3. The fourth-order valence-corrected chi connectivity index (χ4v) is 2.37. The standard InChI is InChI=1S/C15H8ClF2N3O3/c16-13-10(18)4-7-12(22)8(15(23)24)5-21(14(7)20-13)6-1-2-9(17)11(19)3-6/h1-5H,19H2,(H,23,24). The number of aromatic nitrogens is 2. The number of benzene rings is 1. The highest BCUT2D eigenvalue weighted by molar-refractivity contribution is 6.29. The molecule has 0 spiro atoms. The Hall–Kier alpha value is -3.00. The normalized spacial score (nSPS) is 11.0. The van der Waals surface area contributed by atoms with Crippen LogP contribution in [0.4, 0.5) is 14.5 Å². The van der Waals surface area contributed by atoms with Crippen LogP contribution in [0.2, 0.25) is 5.15 Å². The van der Waals surface area contributed by atoms with Crippen LogP contribution in [0.1, 0.15) is 10.4 Å². The summed E-state index contributed by atoms with van der Waals surface area (Å²) < 4.78 is 28.2. The van der Waals surface area contributed by atoms with Crippen LogP contribution in [0, 0.1) is 11.6 Å². The maximum Gasteiger partial charge on any atom is 0.341 e. The molecule has 0 atom stereocenters. The molecule has 1 aromatic carbocycles. The molecule has 0 saturated heterocycles. The maximum absolute atomic E-state index is 13.7. The molecule has 0 amide bonds. The third kappa shape index (κ3) is 2.46. The zero-order valence-corrected chi connectivity index (χ0v) is 12.5. The molecule has 9 heteroatoms. The first-order valence-electron chi connectivity index (χ1n) is 6.49. The Balaban J connectivity index is 2.47. The third-order valence-corrected chi connectivity index (χ3v) is 3.64. The SMILES string of the molecule is Nc1cc(-n2cc(C(=O)O)c(=O)c3cc(F)c(Cl)nc32)ccc1F. The van der Waals surface area contributed by atoms with Gasteiger partial charge in [-0.3, -0.25) is 4.79 Å². The van der Waals surface area contributed by atoms with E-state index in [9.17, 15) is 23.5 Å². The lowest BCUT2D eigenvalue weighted by Crippen LogP contribution is -2.19. The summed E-state index contributed by atoms with van der Waals surface area (Å²) in [6.45, 7) is 0. The Morgan fingerprint density at radius 1 is 1.25 bits per heavy atom. The molecule has 0 bridgehead atoms. The minimum atomic E-state index is -1.50. The van der Waals surface area contributed by atoms with Crippen molar-refractivity contribution in [3.63, 3.8) is 0 Å². The molecule has 3 rings (SSSR count). The molecular weight excluding hydrogens is 344 g/mol. The van der Waals surface area contributed by atoms with E-state index in [2.05, 4.69) is 4.98 Å². The van der Waals surface area contributed by atoms with Gasteiger partial charge < -0.3 is 15.4 Å². The molecular formula is C15H8ClF2N3O3. The van der Waals surface area contributed by atoms with E-state index in [1.54, 1.807) is 0 Å². The van der Waals surface area contributed by atoms with Gasteiger partial charge in [-0.15, -0.1) is 0 Å². The van der Waals surface area contributed by atoms with E-state index in [-0.39, 0.29) is 22.4 Å². The van der Waals surface area contributed by atoms with Crippen LogP contribution in [-0.2, 0) is 0 Å². The number of fused-ring (bicyclic) bond motifs is 1. The highest BCUT2D eigenvalue weighted by Gasteiger charge is 2.18. The van der Waals surface area contributed by atoms with Gasteiger partial charge in [0.1, 0.15) is 17.0 Å². The molecule has 0 saturated carbocycles. The summed E-state index contributed by atoms with van der Waals surface area (Å²) in [5.74, 6) is -3.13. The summed E-state index contributed by atoms with van der Waals surface area (Å²) in [6.07, 6.45) is 1.00. The Bertz CT molecular complexity index is 1070. The number of hydrogen-bond acceptors (Lipinski definition) is 4. The summed E-state index contributed by atoms with van der Waals surface area (Å²) >= 11 is 5.66. The Morgan fingerprint density at radius 3 is 2.58 bits per heavy atom. The molecule has 0 aliphatic heterocycles. The Kier molecular flexibility index (Phi) is 3.69. The molecule has 3 N–H and O–H groups in total. The monoisotopic (exact) mass is 351 g/mol. The number of nitrogens with zero attached hydrogens (tertiary/aromatic N) is 2. The van der Waals surface area contributed by atoms with Gasteiger partial charge >= 0.3 is 5.97 Å². The van der Waals surface area contributed by atoms with Crippen LogP contribution in [0.5, 0.6) is 0 Å². The van der Waals surface area contributed by atoms with Crippen LogP contribution in [-0.4, -0.2) is 20.6 Å². The van der Waals surface area contributed by atoms with Crippen LogP contribution in [0.25, 0.3) is 16.7 Å². The molecule has 0 radical (unpaired) electrons. The second kappa shape index (κ2) is 5.57. The van der Waals surface area contributed by atoms with Crippen molar-refractivity contribution in [3.05, 3.63) is 63.0 Å². The summed E-state index contributed by atoms with van der Waals surface area (Å²) in [6, 6.07) is 4.41. The predicted octanol–water partition coefficient (Wildman–Crippen LogP) is 2.60. The van der Waals surface area contributed by atoms with Crippen LogP contribution < -0.4 is 11.2 Å². The number of pyridine rings is 2. The number of nitrogen functional groups attached to an aromatic ring is 1. The summed E-state index contributed by atoms with van der Waals surface area (Å²) in [7, 11) is 0. The topological polar surface area (TPSA) is 98.2 Å². The first-order chi connectivity index (χ1) is 11.3. The van der Waals surface area contributed by atoms with Gasteiger partial charge in [-0.05, 0) is 24.3 Å². The van der Waals surface area contributed by atoms with Gasteiger partial charge in [0.2, 0.25) is 5.43 Å². The van der Waals surface area contributed by atoms with Gasteiger partial charge in [0.15, 0.2) is 11.0 Å². The Labute approximate surface area is 137 Å². The number of carboxylic acid groups (broad SMARTS) is 1. The zero-order chi connectivity index (χ0) is 17.6. The van der Waals surface area contributed by atoms with Gasteiger partial charge in [0, 0.05) is 11.9 Å². The van der Waals surface area contributed by atoms with E-state index < -0.39 is 33.7 Å². The van der Waals surface area contributed by atoms with Gasteiger partial charge in [0.25, 0.3) is 0 Å². The molecule has 0 unspecified atom stereocenters. The molecule has 2 aromatic heterocycles. The van der Waals surface area contributed by atoms with Crippen LogP contribution >= 0.6 is 11.6 Å². The fraction of sp³-hybridized carbons (Fsp3) is 0. The number of carboxylic acids is 1. The third-order valence-electron chi connectivity index (χ3n) is 3.38. The molecule has 24 heavy (non-hydrogen) atoms. The number of nitrogens with two attached hydrogens (primary N) is 1. The van der Waals surface area contributed by atoms with Gasteiger partial charge in [-0.2, -0.15) is 0 Å².